The Balaban J connectivity index is 2.04. The fourth-order valence-electron chi connectivity index (χ4n) is 3.90. The molecular formula is C22H22N2O2S. The van der Waals surface area contributed by atoms with Crippen molar-refractivity contribution in [1.29, 1.82) is 5.26 Å². The molecule has 2 unspecified atom stereocenters. The predicted octanol–water partition coefficient (Wildman–Crippen LogP) is 4.75. The number of thioether (sulfide) groups is 1. The zero-order valence-electron chi connectivity index (χ0n) is 15.6. The molecule has 27 heavy (non-hydrogen) atoms. The first-order valence-electron chi connectivity index (χ1n) is 8.85. The van der Waals surface area contributed by atoms with Crippen LogP contribution in [-0.2, 0) is 4.79 Å². The molecule has 0 fully saturated rings. The molecule has 4 nitrogen and oxygen atoms in total. The molecule has 2 aromatic rings. The molecule has 0 amide bonds. The minimum atomic E-state index is -0.907. The Morgan fingerprint density at radius 3 is 2.44 bits per heavy atom. The summed E-state index contributed by atoms with van der Waals surface area (Å²) in [5.74, 6) is -1.35. The highest BCUT2D eigenvalue weighted by atomic mass is 32.2. The van der Waals surface area contributed by atoms with Gasteiger partial charge in [-0.1, -0.05) is 49.4 Å². The Labute approximate surface area is 164 Å². The number of benzene rings is 2. The zero-order valence-corrected chi connectivity index (χ0v) is 16.5. The van der Waals surface area contributed by atoms with Crippen molar-refractivity contribution in [3.05, 3.63) is 65.4 Å². The Hall–Kier alpha value is -2.71. The molecule has 0 saturated carbocycles. The van der Waals surface area contributed by atoms with E-state index in [1.165, 1.54) is 4.90 Å². The Kier molecular flexibility index (Phi) is 5.57. The van der Waals surface area contributed by atoms with Crippen LogP contribution in [0, 0.1) is 11.3 Å². The Morgan fingerprint density at radius 2 is 1.89 bits per heavy atom. The second-order valence-corrected chi connectivity index (χ2v) is 7.37. The minimum Gasteiger partial charge on any atom is -0.480 e. The first kappa shape index (κ1) is 19.1. The van der Waals surface area contributed by atoms with Crippen LogP contribution in [0.2, 0.25) is 0 Å². The summed E-state index contributed by atoms with van der Waals surface area (Å²) in [6.45, 7) is 1.95. The number of nitrogens with zero attached hydrogens (tertiary/aromatic N) is 2. The van der Waals surface area contributed by atoms with Gasteiger partial charge < -0.3 is 10.0 Å². The van der Waals surface area contributed by atoms with Crippen LogP contribution in [0.15, 0.2) is 64.7 Å². The van der Waals surface area contributed by atoms with Gasteiger partial charge >= 0.3 is 5.97 Å². The molecule has 5 heteroatoms. The van der Waals surface area contributed by atoms with Crippen LogP contribution in [0.25, 0.3) is 11.1 Å². The number of allylic oxidation sites excluding steroid dienone is 1. The highest BCUT2D eigenvalue weighted by Gasteiger charge is 2.43. The number of likely N-dealkylation sites (N-methyl/N-ethyl adjacent to an activating group) is 1. The lowest BCUT2D eigenvalue weighted by Gasteiger charge is -2.25. The van der Waals surface area contributed by atoms with Gasteiger partial charge in [0, 0.05) is 17.6 Å². The summed E-state index contributed by atoms with van der Waals surface area (Å²) >= 11 is 1.70. The lowest BCUT2D eigenvalue weighted by Crippen LogP contribution is -2.37. The van der Waals surface area contributed by atoms with Crippen molar-refractivity contribution in [3.63, 3.8) is 0 Å². The van der Waals surface area contributed by atoms with Crippen LogP contribution in [0.5, 0.6) is 0 Å². The topological polar surface area (TPSA) is 64.3 Å². The molecule has 0 saturated heterocycles. The molecular weight excluding hydrogens is 356 g/mol. The molecule has 0 aliphatic carbocycles. The van der Waals surface area contributed by atoms with Crippen molar-refractivity contribution in [2.45, 2.75) is 30.2 Å². The summed E-state index contributed by atoms with van der Waals surface area (Å²) in [4.78, 5) is 14.8. The molecule has 1 aliphatic heterocycles. The van der Waals surface area contributed by atoms with E-state index in [-0.39, 0.29) is 0 Å². The smallest absolute Gasteiger partial charge is 0.327 e. The van der Waals surface area contributed by atoms with Crippen molar-refractivity contribution < 1.29 is 9.90 Å². The summed E-state index contributed by atoms with van der Waals surface area (Å²) in [6.07, 6.45) is 2.69. The lowest BCUT2D eigenvalue weighted by atomic mass is 9.86. The van der Waals surface area contributed by atoms with Gasteiger partial charge in [0.15, 0.2) is 0 Å². The number of aliphatic carboxylic acids is 1. The molecule has 1 aliphatic rings. The van der Waals surface area contributed by atoms with Crippen molar-refractivity contribution >= 4 is 17.7 Å². The van der Waals surface area contributed by atoms with E-state index in [0.29, 0.717) is 12.0 Å². The maximum atomic E-state index is 11.9. The van der Waals surface area contributed by atoms with E-state index in [4.69, 9.17) is 0 Å². The predicted molar refractivity (Wildman–Crippen MR) is 109 cm³/mol. The first-order valence-corrected chi connectivity index (χ1v) is 10.1. The number of carboxylic acids is 1. The average Bonchev–Trinajstić information content (AvgIpc) is 2.99. The summed E-state index contributed by atoms with van der Waals surface area (Å²) < 4.78 is 0. The number of rotatable bonds is 5. The highest BCUT2D eigenvalue weighted by Crippen LogP contribution is 2.42. The number of hydrogen-bond acceptors (Lipinski definition) is 4. The lowest BCUT2D eigenvalue weighted by molar-refractivity contribution is -0.142. The second kappa shape index (κ2) is 7.89. The third kappa shape index (κ3) is 3.33. The molecule has 0 aromatic heterocycles. The third-order valence-corrected chi connectivity index (χ3v) is 5.97. The van der Waals surface area contributed by atoms with Gasteiger partial charge in [0.25, 0.3) is 0 Å². The first-order chi connectivity index (χ1) is 13.0. The van der Waals surface area contributed by atoms with Gasteiger partial charge in [-0.15, -0.1) is 11.8 Å². The second-order valence-electron chi connectivity index (χ2n) is 6.52. The fourth-order valence-corrected chi connectivity index (χ4v) is 4.52. The summed E-state index contributed by atoms with van der Waals surface area (Å²) in [6, 6.07) is 17.7. The average molecular weight is 378 g/mol. The van der Waals surface area contributed by atoms with Gasteiger partial charge in [0.2, 0.25) is 0 Å². The third-order valence-electron chi connectivity index (χ3n) is 5.18. The van der Waals surface area contributed by atoms with E-state index in [1.54, 1.807) is 23.7 Å². The summed E-state index contributed by atoms with van der Waals surface area (Å²) in [5.41, 5.74) is 4.47. The monoisotopic (exact) mass is 378 g/mol. The van der Waals surface area contributed by atoms with Gasteiger partial charge in [-0.05, 0) is 35.4 Å². The van der Waals surface area contributed by atoms with Gasteiger partial charge in [0.05, 0.1) is 17.6 Å². The quantitative estimate of drug-likeness (QED) is 0.761. The molecule has 138 valence electrons. The van der Waals surface area contributed by atoms with E-state index in [9.17, 15) is 15.2 Å². The van der Waals surface area contributed by atoms with E-state index in [0.717, 1.165) is 22.4 Å². The molecule has 2 atom stereocenters. The van der Waals surface area contributed by atoms with Gasteiger partial charge in [-0.25, -0.2) is 4.79 Å². The highest BCUT2D eigenvalue weighted by molar-refractivity contribution is 7.98. The number of carbonyl (C=O) groups is 1. The van der Waals surface area contributed by atoms with Crippen LogP contribution in [0.3, 0.4) is 0 Å². The van der Waals surface area contributed by atoms with E-state index in [1.807, 2.05) is 43.3 Å². The number of carboxylic acid groups (broad SMARTS) is 1. The maximum Gasteiger partial charge on any atom is 0.327 e. The van der Waals surface area contributed by atoms with Gasteiger partial charge in [0.1, 0.15) is 6.04 Å². The molecule has 1 N–H and O–H groups in total. The molecule has 0 bridgehead atoms. The van der Waals surface area contributed by atoms with E-state index >= 15 is 0 Å². The zero-order chi connectivity index (χ0) is 19.6. The van der Waals surface area contributed by atoms with Crippen LogP contribution in [0.4, 0.5) is 0 Å². The maximum absolute atomic E-state index is 11.9. The SMILES string of the molecule is CCC1=C(C#N)C(c2ccc(-c3ccccc3SC)cc2)C(C(=O)O)N1C. The van der Waals surface area contributed by atoms with Crippen LogP contribution < -0.4 is 0 Å². The summed E-state index contributed by atoms with van der Waals surface area (Å²) in [5, 5.41) is 19.4. The van der Waals surface area contributed by atoms with E-state index < -0.39 is 17.9 Å². The minimum absolute atomic E-state index is 0.447. The van der Waals surface area contributed by atoms with Crippen LogP contribution in [0.1, 0.15) is 24.8 Å². The normalized spacial score (nSPS) is 19.3. The van der Waals surface area contributed by atoms with Crippen molar-refractivity contribution in [1.82, 2.24) is 4.90 Å². The largest absolute Gasteiger partial charge is 0.480 e. The number of nitriles is 1. The van der Waals surface area contributed by atoms with E-state index in [2.05, 4.69) is 24.5 Å². The van der Waals surface area contributed by atoms with Gasteiger partial charge in [-0.2, -0.15) is 5.26 Å². The fraction of sp³-hybridized carbons (Fsp3) is 0.273. The van der Waals surface area contributed by atoms with Gasteiger partial charge in [-0.3, -0.25) is 0 Å². The Bertz CT molecular complexity index is 928. The van der Waals surface area contributed by atoms with Crippen molar-refractivity contribution in [2.24, 2.45) is 0 Å². The molecule has 1 heterocycles. The molecule has 2 aromatic carbocycles. The molecule has 0 spiro atoms. The van der Waals surface area contributed by atoms with Crippen LogP contribution in [-0.4, -0.2) is 35.3 Å². The molecule has 3 rings (SSSR count). The molecule has 0 radical (unpaired) electrons. The van der Waals surface area contributed by atoms with Crippen LogP contribution >= 0.6 is 11.8 Å². The van der Waals surface area contributed by atoms with Crippen molar-refractivity contribution in [2.75, 3.05) is 13.3 Å². The Morgan fingerprint density at radius 1 is 1.22 bits per heavy atom. The van der Waals surface area contributed by atoms with Crippen molar-refractivity contribution in [3.8, 4) is 17.2 Å². The summed E-state index contributed by atoms with van der Waals surface area (Å²) in [7, 11) is 1.76. The number of hydrogen-bond donors (Lipinski definition) is 1. The standard InChI is InChI=1S/C22H22N2O2S/c1-4-18-17(13-23)20(21(22(25)26)24(18)2)15-11-9-14(10-12-15)16-7-5-6-8-19(16)27-3/h5-12,20-21H,4H2,1-3H3,(H,25,26).